The summed E-state index contributed by atoms with van der Waals surface area (Å²) in [7, 11) is 1.63. The van der Waals surface area contributed by atoms with E-state index in [1.807, 2.05) is 35.2 Å². The Balaban J connectivity index is 1.80. The minimum absolute atomic E-state index is 0.0844. The van der Waals surface area contributed by atoms with Crippen LogP contribution in [0.3, 0.4) is 0 Å². The predicted molar refractivity (Wildman–Crippen MR) is 124 cm³/mol. The summed E-state index contributed by atoms with van der Waals surface area (Å²) < 4.78 is 27.2. The molecule has 1 aliphatic carbocycles. The molecule has 4 rings (SSSR count). The van der Waals surface area contributed by atoms with Crippen molar-refractivity contribution in [3.05, 3.63) is 71.7 Å². The molecule has 0 unspecified atom stereocenters. The maximum absolute atomic E-state index is 13.9. The zero-order chi connectivity index (χ0) is 23.4. The predicted octanol–water partition coefficient (Wildman–Crippen LogP) is 5.31. The van der Waals surface area contributed by atoms with Crippen LogP contribution in [0.15, 0.2) is 54.6 Å². The van der Waals surface area contributed by atoms with E-state index in [4.69, 9.17) is 14.6 Å². The number of ether oxygens (including phenoxy) is 2. The third-order valence-corrected chi connectivity index (χ3v) is 5.68. The van der Waals surface area contributed by atoms with Gasteiger partial charge in [-0.3, -0.25) is 4.79 Å². The Morgan fingerprint density at radius 1 is 1.18 bits per heavy atom. The van der Waals surface area contributed by atoms with E-state index in [1.165, 1.54) is 12.1 Å². The van der Waals surface area contributed by atoms with Crippen molar-refractivity contribution < 1.29 is 18.7 Å². The molecule has 0 bridgehead atoms. The van der Waals surface area contributed by atoms with Gasteiger partial charge in [-0.1, -0.05) is 38.1 Å². The van der Waals surface area contributed by atoms with Gasteiger partial charge in [-0.15, -0.1) is 0 Å². The molecule has 0 saturated heterocycles. The summed E-state index contributed by atoms with van der Waals surface area (Å²) in [5, 5.41) is 4.88. The molecule has 0 N–H and O–H groups in total. The van der Waals surface area contributed by atoms with Crippen LogP contribution in [0, 0.1) is 11.7 Å². The minimum Gasteiger partial charge on any atom is -0.438 e. The van der Waals surface area contributed by atoms with Gasteiger partial charge in [0.25, 0.3) is 0 Å². The number of benzene rings is 2. The highest BCUT2D eigenvalue weighted by molar-refractivity contribution is 5.81. The van der Waals surface area contributed by atoms with Crippen LogP contribution < -0.4 is 4.74 Å². The number of methoxy groups -OCH3 is 1. The number of nitrogens with zero attached hydrogens (tertiary/aromatic N) is 3. The average Bonchev–Trinajstić information content (AvgIpc) is 3.60. The summed E-state index contributed by atoms with van der Waals surface area (Å²) in [6.45, 7) is 5.41. The number of aromatic nitrogens is 2. The molecule has 174 valence electrons. The Morgan fingerprint density at radius 2 is 1.94 bits per heavy atom. The molecule has 33 heavy (non-hydrogen) atoms. The van der Waals surface area contributed by atoms with Crippen LogP contribution >= 0.6 is 0 Å². The second-order valence-corrected chi connectivity index (χ2v) is 8.66. The van der Waals surface area contributed by atoms with Gasteiger partial charge in [0.05, 0.1) is 30.1 Å². The monoisotopic (exact) mass is 451 g/mol. The van der Waals surface area contributed by atoms with Gasteiger partial charge in [0.1, 0.15) is 11.6 Å². The van der Waals surface area contributed by atoms with Crippen LogP contribution in [0.1, 0.15) is 43.9 Å². The largest absolute Gasteiger partial charge is 0.438 e. The van der Waals surface area contributed by atoms with E-state index in [2.05, 4.69) is 13.8 Å². The Kier molecular flexibility index (Phi) is 7.08. The molecule has 1 aliphatic rings. The fourth-order valence-corrected chi connectivity index (χ4v) is 3.80. The van der Waals surface area contributed by atoms with Gasteiger partial charge in [-0.05, 0) is 43.0 Å². The first kappa shape index (κ1) is 23.0. The minimum atomic E-state index is -0.380. The van der Waals surface area contributed by atoms with Crippen molar-refractivity contribution >= 4 is 5.91 Å². The van der Waals surface area contributed by atoms with Crippen LogP contribution in [0.4, 0.5) is 4.39 Å². The number of hydrogen-bond donors (Lipinski definition) is 0. The van der Waals surface area contributed by atoms with Crippen molar-refractivity contribution in [3.8, 4) is 17.3 Å². The van der Waals surface area contributed by atoms with Crippen molar-refractivity contribution in [2.45, 2.75) is 39.2 Å². The zero-order valence-corrected chi connectivity index (χ0v) is 19.3. The van der Waals surface area contributed by atoms with E-state index < -0.39 is 0 Å². The van der Waals surface area contributed by atoms with E-state index in [0.29, 0.717) is 31.3 Å². The van der Waals surface area contributed by atoms with Gasteiger partial charge in [0.15, 0.2) is 0 Å². The fourth-order valence-electron chi connectivity index (χ4n) is 3.80. The Hall–Kier alpha value is -3.19. The molecule has 1 heterocycles. The molecule has 0 spiro atoms. The van der Waals surface area contributed by atoms with E-state index >= 15 is 0 Å². The normalized spacial score (nSPS) is 13.4. The van der Waals surface area contributed by atoms with Crippen LogP contribution in [0.25, 0.3) is 5.69 Å². The standard InChI is InChI=1S/C26H30FN3O3/c1-18(2)24-23(17-29(14-15-32-3)25(31)19-12-13-19)26(33-22-11-7-8-20(27)16-22)30(28-24)21-9-5-4-6-10-21/h4-11,16,18-19H,12-15,17H2,1-3H3. The van der Waals surface area contributed by atoms with Gasteiger partial charge >= 0.3 is 0 Å². The molecule has 0 aliphatic heterocycles. The van der Waals surface area contributed by atoms with Crippen LogP contribution in [-0.2, 0) is 16.1 Å². The first-order valence-corrected chi connectivity index (χ1v) is 11.4. The van der Waals surface area contributed by atoms with Gasteiger partial charge in [-0.2, -0.15) is 5.10 Å². The fraction of sp³-hybridized carbons (Fsp3) is 0.385. The lowest BCUT2D eigenvalue weighted by Crippen LogP contribution is -2.34. The van der Waals surface area contributed by atoms with Crippen LogP contribution in [0.5, 0.6) is 11.6 Å². The first-order valence-electron chi connectivity index (χ1n) is 11.4. The maximum atomic E-state index is 13.9. The number of carbonyl (C=O) groups is 1. The van der Waals surface area contributed by atoms with E-state index in [9.17, 15) is 9.18 Å². The molecule has 1 amide bonds. The number of carbonyl (C=O) groups excluding carboxylic acids is 1. The third kappa shape index (κ3) is 5.42. The molecule has 1 saturated carbocycles. The average molecular weight is 452 g/mol. The molecule has 1 fully saturated rings. The Morgan fingerprint density at radius 3 is 2.58 bits per heavy atom. The molecule has 1 aromatic heterocycles. The summed E-state index contributed by atoms with van der Waals surface area (Å²) in [4.78, 5) is 14.9. The van der Waals surface area contributed by atoms with Gasteiger partial charge < -0.3 is 14.4 Å². The second kappa shape index (κ2) is 10.2. The lowest BCUT2D eigenvalue weighted by atomic mass is 10.1. The molecule has 6 nitrogen and oxygen atoms in total. The number of para-hydroxylation sites is 1. The first-order chi connectivity index (χ1) is 16.0. The summed E-state index contributed by atoms with van der Waals surface area (Å²) in [6.07, 6.45) is 1.85. The van der Waals surface area contributed by atoms with Crippen LogP contribution in [-0.4, -0.2) is 40.8 Å². The van der Waals surface area contributed by atoms with E-state index in [0.717, 1.165) is 29.8 Å². The van der Waals surface area contributed by atoms with E-state index in [1.54, 1.807) is 23.9 Å². The Bertz CT molecular complexity index is 1090. The number of hydrogen-bond acceptors (Lipinski definition) is 4. The molecule has 0 radical (unpaired) electrons. The van der Waals surface area contributed by atoms with Gasteiger partial charge in [-0.25, -0.2) is 9.07 Å². The molecular weight excluding hydrogens is 421 g/mol. The van der Waals surface area contributed by atoms with Crippen molar-refractivity contribution in [2.24, 2.45) is 5.92 Å². The summed E-state index contributed by atoms with van der Waals surface area (Å²) in [5.74, 6) is 0.795. The number of halogens is 1. The highest BCUT2D eigenvalue weighted by Gasteiger charge is 2.35. The molecule has 0 atom stereocenters. The number of amides is 1. The SMILES string of the molecule is COCCN(Cc1c(C(C)C)nn(-c2ccccc2)c1Oc1cccc(F)c1)C(=O)C1CC1. The van der Waals surface area contributed by atoms with E-state index in [-0.39, 0.29) is 23.6 Å². The quantitative estimate of drug-likeness (QED) is 0.419. The van der Waals surface area contributed by atoms with Crippen molar-refractivity contribution in [3.63, 3.8) is 0 Å². The lowest BCUT2D eigenvalue weighted by molar-refractivity contribution is -0.133. The third-order valence-electron chi connectivity index (χ3n) is 5.68. The highest BCUT2D eigenvalue weighted by Crippen LogP contribution is 2.37. The number of rotatable bonds is 10. The lowest BCUT2D eigenvalue weighted by Gasteiger charge is -2.23. The molecule has 2 aromatic carbocycles. The summed E-state index contributed by atoms with van der Waals surface area (Å²) >= 11 is 0. The van der Waals surface area contributed by atoms with Crippen LogP contribution in [0.2, 0.25) is 0 Å². The van der Waals surface area contributed by atoms with Crippen molar-refractivity contribution in [2.75, 3.05) is 20.3 Å². The van der Waals surface area contributed by atoms with Crippen molar-refractivity contribution in [1.82, 2.24) is 14.7 Å². The maximum Gasteiger partial charge on any atom is 0.227 e. The topological polar surface area (TPSA) is 56.6 Å². The van der Waals surface area contributed by atoms with Gasteiger partial charge in [0.2, 0.25) is 11.8 Å². The Labute approximate surface area is 193 Å². The smallest absolute Gasteiger partial charge is 0.227 e. The molecule has 7 heteroatoms. The summed E-state index contributed by atoms with van der Waals surface area (Å²) in [5.41, 5.74) is 2.49. The highest BCUT2D eigenvalue weighted by atomic mass is 19.1. The second-order valence-electron chi connectivity index (χ2n) is 8.66. The van der Waals surface area contributed by atoms with Gasteiger partial charge in [0, 0.05) is 25.6 Å². The van der Waals surface area contributed by atoms with Crippen molar-refractivity contribution in [1.29, 1.82) is 0 Å². The molecule has 3 aromatic rings. The molecular formula is C26H30FN3O3. The zero-order valence-electron chi connectivity index (χ0n) is 19.3. The summed E-state index contributed by atoms with van der Waals surface area (Å²) in [6, 6.07) is 15.7.